The van der Waals surface area contributed by atoms with Crippen LogP contribution >= 0.6 is 0 Å². The lowest BCUT2D eigenvalue weighted by molar-refractivity contribution is -0.157. The first-order valence-corrected chi connectivity index (χ1v) is 8.91. The van der Waals surface area contributed by atoms with Crippen LogP contribution in [0.1, 0.15) is 12.8 Å². The van der Waals surface area contributed by atoms with Crippen molar-refractivity contribution in [3.63, 3.8) is 0 Å². The Morgan fingerprint density at radius 1 is 1.13 bits per heavy atom. The van der Waals surface area contributed by atoms with Crippen LogP contribution < -0.4 is 11.0 Å². The summed E-state index contributed by atoms with van der Waals surface area (Å²) in [5.41, 5.74) is 0.681. The summed E-state index contributed by atoms with van der Waals surface area (Å²) >= 11 is 0. The van der Waals surface area contributed by atoms with E-state index in [-0.39, 0.29) is 24.3 Å². The van der Waals surface area contributed by atoms with Crippen LogP contribution in [0.5, 0.6) is 0 Å². The number of fused-ring (bicyclic) bond motifs is 1. The number of halogens is 3. The maximum Gasteiger partial charge on any atom is 0.406 e. The standard InChI is InChI=1S/C17H19F3N6O4/c1-23-10-3-4-11(22-15(10)24(2)16(23)30)21-12(27)5-6-13(28)25-7-14(29)26(9-25)8-17(18,19)20/h3-4H,5-9H2,1-2H3,(H,21,22,27). The Balaban J connectivity index is 1.55. The van der Waals surface area contributed by atoms with Crippen molar-refractivity contribution in [1.29, 1.82) is 0 Å². The molecule has 2 aromatic heterocycles. The fraction of sp³-hybridized carbons (Fsp3) is 0.471. The molecule has 0 atom stereocenters. The lowest BCUT2D eigenvalue weighted by atomic mass is 10.2. The molecule has 0 spiro atoms. The predicted molar refractivity (Wildman–Crippen MR) is 98.2 cm³/mol. The molecule has 3 heterocycles. The molecule has 10 nitrogen and oxygen atoms in total. The van der Waals surface area contributed by atoms with Crippen molar-refractivity contribution in [3.8, 4) is 0 Å². The van der Waals surface area contributed by atoms with E-state index >= 15 is 0 Å². The van der Waals surface area contributed by atoms with Gasteiger partial charge in [0.15, 0.2) is 5.65 Å². The number of imidazole rings is 1. The van der Waals surface area contributed by atoms with Gasteiger partial charge in [-0.3, -0.25) is 23.5 Å². The Morgan fingerprint density at radius 3 is 2.50 bits per heavy atom. The number of nitrogens with one attached hydrogen (secondary N) is 1. The Bertz CT molecular complexity index is 1070. The van der Waals surface area contributed by atoms with Crippen LogP contribution in [0.4, 0.5) is 19.0 Å². The lowest BCUT2D eigenvalue weighted by Gasteiger charge is -2.19. The number of aromatic nitrogens is 3. The van der Waals surface area contributed by atoms with E-state index in [9.17, 15) is 32.3 Å². The van der Waals surface area contributed by atoms with Crippen molar-refractivity contribution in [2.45, 2.75) is 19.0 Å². The molecule has 3 rings (SSSR count). The first kappa shape index (κ1) is 21.3. The van der Waals surface area contributed by atoms with Gasteiger partial charge in [0.1, 0.15) is 18.9 Å². The van der Waals surface area contributed by atoms with Gasteiger partial charge in [0, 0.05) is 26.9 Å². The molecule has 0 unspecified atom stereocenters. The van der Waals surface area contributed by atoms with Gasteiger partial charge in [-0.15, -0.1) is 0 Å². The Morgan fingerprint density at radius 2 is 1.83 bits per heavy atom. The smallest absolute Gasteiger partial charge is 0.316 e. The second-order valence-corrected chi connectivity index (χ2v) is 6.93. The molecule has 0 saturated carbocycles. The maximum absolute atomic E-state index is 12.4. The Labute approximate surface area is 167 Å². The second kappa shape index (κ2) is 7.80. The Kier molecular flexibility index (Phi) is 5.55. The summed E-state index contributed by atoms with van der Waals surface area (Å²) in [7, 11) is 3.14. The largest absolute Gasteiger partial charge is 0.406 e. The number of hydrogen-bond donors (Lipinski definition) is 1. The molecule has 2 aromatic rings. The van der Waals surface area contributed by atoms with Crippen LogP contribution in [-0.2, 0) is 28.5 Å². The van der Waals surface area contributed by atoms with Gasteiger partial charge >= 0.3 is 11.9 Å². The van der Waals surface area contributed by atoms with Gasteiger partial charge in [-0.05, 0) is 12.1 Å². The van der Waals surface area contributed by atoms with E-state index in [1.54, 1.807) is 20.2 Å². The lowest BCUT2D eigenvalue weighted by Crippen LogP contribution is -2.37. The quantitative estimate of drug-likeness (QED) is 0.731. The third-order valence-corrected chi connectivity index (χ3v) is 4.68. The molecule has 0 aromatic carbocycles. The summed E-state index contributed by atoms with van der Waals surface area (Å²) in [6.45, 7) is -2.33. The van der Waals surface area contributed by atoms with Crippen molar-refractivity contribution in [1.82, 2.24) is 23.9 Å². The first-order valence-electron chi connectivity index (χ1n) is 8.91. The normalized spacial score (nSPS) is 14.6. The van der Waals surface area contributed by atoms with Gasteiger partial charge in [-0.25, -0.2) is 9.78 Å². The summed E-state index contributed by atoms with van der Waals surface area (Å²) in [6, 6.07) is 3.13. The highest BCUT2D eigenvalue weighted by Gasteiger charge is 2.38. The molecule has 1 aliphatic rings. The highest BCUT2D eigenvalue weighted by Crippen LogP contribution is 2.20. The fourth-order valence-corrected chi connectivity index (χ4v) is 3.14. The molecule has 0 radical (unpaired) electrons. The van der Waals surface area contributed by atoms with Crippen molar-refractivity contribution >= 4 is 34.7 Å². The summed E-state index contributed by atoms with van der Waals surface area (Å²) in [6.07, 6.45) is -5.06. The third-order valence-electron chi connectivity index (χ3n) is 4.68. The average molecular weight is 428 g/mol. The van der Waals surface area contributed by atoms with Crippen molar-refractivity contribution in [2.24, 2.45) is 14.1 Å². The van der Waals surface area contributed by atoms with Crippen LogP contribution in [0.15, 0.2) is 16.9 Å². The molecule has 0 aliphatic carbocycles. The van der Waals surface area contributed by atoms with E-state index < -0.39 is 43.7 Å². The van der Waals surface area contributed by atoms with E-state index in [4.69, 9.17) is 0 Å². The van der Waals surface area contributed by atoms with Crippen LogP contribution in [0, 0.1) is 0 Å². The molecular weight excluding hydrogens is 409 g/mol. The number of hydrogen-bond acceptors (Lipinski definition) is 5. The van der Waals surface area contributed by atoms with Gasteiger partial charge in [-0.2, -0.15) is 13.2 Å². The van der Waals surface area contributed by atoms with Crippen LogP contribution in [-0.4, -0.2) is 67.6 Å². The van der Waals surface area contributed by atoms with Crippen molar-refractivity contribution in [3.05, 3.63) is 22.6 Å². The minimum absolute atomic E-state index is 0.189. The highest BCUT2D eigenvalue weighted by molar-refractivity contribution is 5.94. The van der Waals surface area contributed by atoms with Gasteiger partial charge in [0.05, 0.1) is 12.2 Å². The van der Waals surface area contributed by atoms with Crippen molar-refractivity contribution in [2.75, 3.05) is 25.1 Å². The van der Waals surface area contributed by atoms with E-state index in [0.717, 1.165) is 4.90 Å². The number of nitrogens with zero attached hydrogens (tertiary/aromatic N) is 5. The van der Waals surface area contributed by atoms with Gasteiger partial charge < -0.3 is 15.1 Å². The number of pyridine rings is 1. The molecule has 0 bridgehead atoms. The SMILES string of the molecule is Cn1c(=O)n(C)c2nc(NC(=O)CCC(=O)N3CC(=O)N(CC(F)(F)F)C3)ccc21. The summed E-state index contributed by atoms with van der Waals surface area (Å²) < 4.78 is 40.1. The second-order valence-electron chi connectivity index (χ2n) is 6.93. The minimum atomic E-state index is -4.55. The van der Waals surface area contributed by atoms with Crippen LogP contribution in [0.3, 0.4) is 0 Å². The molecule has 13 heteroatoms. The molecule has 3 amide bonds. The zero-order valence-corrected chi connectivity index (χ0v) is 16.2. The topological polar surface area (TPSA) is 110 Å². The molecule has 1 aliphatic heterocycles. The van der Waals surface area contributed by atoms with Gasteiger partial charge in [0.25, 0.3) is 0 Å². The molecule has 30 heavy (non-hydrogen) atoms. The summed E-state index contributed by atoms with van der Waals surface area (Å²) in [5.74, 6) is -1.74. The summed E-state index contributed by atoms with van der Waals surface area (Å²) in [4.78, 5) is 53.5. The maximum atomic E-state index is 12.4. The van der Waals surface area contributed by atoms with E-state index in [2.05, 4.69) is 10.3 Å². The number of amides is 3. The predicted octanol–water partition coefficient (Wildman–Crippen LogP) is 0.181. The van der Waals surface area contributed by atoms with E-state index in [1.165, 1.54) is 15.2 Å². The number of carbonyl (C=O) groups excluding carboxylic acids is 3. The zero-order chi connectivity index (χ0) is 22.2. The van der Waals surface area contributed by atoms with Crippen LogP contribution in [0.25, 0.3) is 11.2 Å². The fourth-order valence-electron chi connectivity index (χ4n) is 3.14. The number of anilines is 1. The molecule has 162 valence electrons. The Hall–Kier alpha value is -3.38. The minimum Gasteiger partial charge on any atom is -0.316 e. The summed E-state index contributed by atoms with van der Waals surface area (Å²) in [5, 5.41) is 2.51. The first-order chi connectivity index (χ1) is 14.0. The number of alkyl halides is 3. The highest BCUT2D eigenvalue weighted by atomic mass is 19.4. The van der Waals surface area contributed by atoms with E-state index in [0.29, 0.717) is 16.1 Å². The number of rotatable bonds is 5. The molecular formula is C17H19F3N6O4. The van der Waals surface area contributed by atoms with Crippen LogP contribution in [0.2, 0.25) is 0 Å². The zero-order valence-electron chi connectivity index (χ0n) is 16.2. The van der Waals surface area contributed by atoms with Crippen molar-refractivity contribution < 1.29 is 27.6 Å². The monoisotopic (exact) mass is 428 g/mol. The number of aryl methyl sites for hydroxylation is 2. The number of carbonyl (C=O) groups is 3. The van der Waals surface area contributed by atoms with E-state index in [1.807, 2.05) is 0 Å². The van der Waals surface area contributed by atoms with Gasteiger partial charge in [0.2, 0.25) is 17.7 Å². The average Bonchev–Trinajstić information content (AvgIpc) is 3.12. The molecule has 1 saturated heterocycles. The molecule has 1 N–H and O–H groups in total. The van der Waals surface area contributed by atoms with Gasteiger partial charge in [-0.1, -0.05) is 0 Å². The third kappa shape index (κ3) is 4.44. The molecule has 1 fully saturated rings.